The fraction of sp³-hybridized carbons (Fsp3) is 0.643. The molecule has 2 aliphatic carbocycles. The third kappa shape index (κ3) is 3.03. The van der Waals surface area contributed by atoms with Crippen LogP contribution in [0.25, 0.3) is 0 Å². The van der Waals surface area contributed by atoms with E-state index < -0.39 is 30.1 Å². The van der Waals surface area contributed by atoms with Gasteiger partial charge < -0.3 is 9.47 Å². The van der Waals surface area contributed by atoms with Gasteiger partial charge in [-0.2, -0.15) is 0 Å². The summed E-state index contributed by atoms with van der Waals surface area (Å²) in [6, 6.07) is 0. The van der Waals surface area contributed by atoms with Crippen LogP contribution in [-0.4, -0.2) is 29.9 Å². The lowest BCUT2D eigenvalue weighted by Crippen LogP contribution is -2.30. The van der Waals surface area contributed by atoms with Gasteiger partial charge in [0.2, 0.25) is 0 Å². The minimum absolute atomic E-state index is 0.0826. The van der Waals surface area contributed by atoms with Crippen molar-refractivity contribution in [1.82, 2.24) is 0 Å². The van der Waals surface area contributed by atoms with Crippen molar-refractivity contribution in [2.75, 3.05) is 6.61 Å². The molecule has 2 rings (SSSR count). The summed E-state index contributed by atoms with van der Waals surface area (Å²) < 4.78 is 9.97. The van der Waals surface area contributed by atoms with Crippen molar-refractivity contribution in [3.63, 3.8) is 0 Å². The fourth-order valence-electron chi connectivity index (χ4n) is 2.49. The summed E-state index contributed by atoms with van der Waals surface area (Å²) in [4.78, 5) is 34.9. The Morgan fingerprint density at radius 3 is 2.47 bits per heavy atom. The second kappa shape index (κ2) is 4.79. The first-order chi connectivity index (χ1) is 8.78. The van der Waals surface area contributed by atoms with E-state index in [1.807, 2.05) is 6.08 Å². The van der Waals surface area contributed by atoms with Gasteiger partial charge in [0.05, 0.1) is 5.92 Å². The van der Waals surface area contributed by atoms with E-state index in [2.05, 4.69) is 0 Å². The van der Waals surface area contributed by atoms with Crippen molar-refractivity contribution < 1.29 is 23.9 Å². The topological polar surface area (TPSA) is 69.7 Å². The molecule has 0 aromatic heterocycles. The van der Waals surface area contributed by atoms with E-state index in [-0.39, 0.29) is 17.6 Å². The van der Waals surface area contributed by atoms with Gasteiger partial charge in [0.15, 0.2) is 6.61 Å². The third-order valence-corrected chi connectivity index (χ3v) is 3.24. The maximum Gasteiger partial charge on any atom is 0.344 e. The number of ether oxygens (including phenoxy) is 2. The molecule has 0 spiro atoms. The average Bonchev–Trinajstić information content (AvgIpc) is 2.80. The van der Waals surface area contributed by atoms with E-state index >= 15 is 0 Å². The summed E-state index contributed by atoms with van der Waals surface area (Å²) in [6.07, 6.45) is 4.09. The van der Waals surface area contributed by atoms with Crippen molar-refractivity contribution in [3.05, 3.63) is 12.2 Å². The first kappa shape index (κ1) is 13.8. The maximum absolute atomic E-state index is 11.8. The number of carbonyl (C=O) groups is 3. The third-order valence-electron chi connectivity index (χ3n) is 3.24. The number of Topliss-reactive ketones (excluding diaryl/α,β-unsaturated/α-hetero) is 1. The highest BCUT2D eigenvalue weighted by Crippen LogP contribution is 2.41. The van der Waals surface area contributed by atoms with E-state index in [9.17, 15) is 14.4 Å². The normalized spacial score (nSPS) is 28.6. The van der Waals surface area contributed by atoms with Gasteiger partial charge in [-0.05, 0) is 27.2 Å². The van der Waals surface area contributed by atoms with E-state index in [0.29, 0.717) is 6.42 Å². The molecule has 2 aliphatic rings. The molecule has 0 radical (unpaired) electrons. The number of fused-ring (bicyclic) bond motifs is 2. The number of hydrogen-bond acceptors (Lipinski definition) is 5. The largest absolute Gasteiger partial charge is 0.457 e. The second-order valence-electron chi connectivity index (χ2n) is 5.96. The van der Waals surface area contributed by atoms with Crippen molar-refractivity contribution in [2.24, 2.45) is 17.8 Å². The van der Waals surface area contributed by atoms with Crippen LogP contribution in [0.4, 0.5) is 0 Å². The summed E-state index contributed by atoms with van der Waals surface area (Å²) in [5.74, 6) is -1.94. The molecule has 1 fully saturated rings. The number of rotatable bonds is 3. The molecule has 1 saturated carbocycles. The van der Waals surface area contributed by atoms with Crippen LogP contribution in [0.2, 0.25) is 0 Å². The van der Waals surface area contributed by atoms with Gasteiger partial charge in [-0.1, -0.05) is 12.2 Å². The summed E-state index contributed by atoms with van der Waals surface area (Å²) in [7, 11) is 0. The predicted molar refractivity (Wildman–Crippen MR) is 66.0 cm³/mol. The Morgan fingerprint density at radius 1 is 1.32 bits per heavy atom. The standard InChI is InChI=1S/C14H18O5/c1-14(2,3)19-11(15)7-18-13(17)10-6-8-4-5-9(10)12(8)16/h4-5,8-10H,6-7H2,1-3H3. The van der Waals surface area contributed by atoms with Gasteiger partial charge in [-0.25, -0.2) is 4.79 Å². The van der Waals surface area contributed by atoms with Gasteiger partial charge in [0.1, 0.15) is 11.4 Å². The summed E-state index contributed by atoms with van der Waals surface area (Å²) in [5.41, 5.74) is -0.603. The average molecular weight is 266 g/mol. The molecule has 2 bridgehead atoms. The zero-order valence-electron chi connectivity index (χ0n) is 11.3. The molecule has 3 atom stereocenters. The van der Waals surface area contributed by atoms with Crippen LogP contribution in [0, 0.1) is 17.8 Å². The quantitative estimate of drug-likeness (QED) is 0.568. The second-order valence-corrected chi connectivity index (χ2v) is 5.96. The number of hydrogen-bond donors (Lipinski definition) is 0. The lowest BCUT2D eigenvalue weighted by atomic mass is 9.94. The molecular weight excluding hydrogens is 248 g/mol. The molecule has 5 nitrogen and oxygen atoms in total. The molecule has 0 amide bonds. The molecule has 0 N–H and O–H groups in total. The molecule has 0 saturated heterocycles. The fourth-order valence-corrected chi connectivity index (χ4v) is 2.49. The molecule has 104 valence electrons. The number of ketones is 1. The van der Waals surface area contributed by atoms with E-state index in [1.165, 1.54) is 0 Å². The predicted octanol–water partition coefficient (Wildman–Crippen LogP) is 1.26. The van der Waals surface area contributed by atoms with E-state index in [4.69, 9.17) is 9.47 Å². The zero-order chi connectivity index (χ0) is 14.2. The lowest BCUT2D eigenvalue weighted by molar-refractivity contribution is -0.168. The SMILES string of the molecule is CC(C)(C)OC(=O)COC(=O)C1CC2C=CC1C2=O. The van der Waals surface area contributed by atoms with Gasteiger partial charge in [-0.15, -0.1) is 0 Å². The smallest absolute Gasteiger partial charge is 0.344 e. The Labute approximate surface area is 111 Å². The molecule has 19 heavy (non-hydrogen) atoms. The van der Waals surface area contributed by atoms with Crippen molar-refractivity contribution >= 4 is 17.7 Å². The Bertz CT molecular complexity index is 443. The number of carbonyl (C=O) groups excluding carboxylic acids is 3. The van der Waals surface area contributed by atoms with Crippen LogP contribution in [0.15, 0.2) is 12.2 Å². The monoisotopic (exact) mass is 266 g/mol. The van der Waals surface area contributed by atoms with Crippen molar-refractivity contribution in [3.8, 4) is 0 Å². The van der Waals surface area contributed by atoms with Crippen LogP contribution < -0.4 is 0 Å². The highest BCUT2D eigenvalue weighted by atomic mass is 16.6. The number of esters is 2. The van der Waals surface area contributed by atoms with Crippen LogP contribution in [0.3, 0.4) is 0 Å². The molecule has 3 unspecified atom stereocenters. The summed E-state index contributed by atoms with van der Waals surface area (Å²) in [5, 5.41) is 0. The molecule has 5 heteroatoms. The summed E-state index contributed by atoms with van der Waals surface area (Å²) >= 11 is 0. The molecule has 0 aliphatic heterocycles. The Kier molecular flexibility index (Phi) is 3.47. The van der Waals surface area contributed by atoms with Gasteiger partial charge in [0.25, 0.3) is 0 Å². The van der Waals surface area contributed by atoms with Crippen molar-refractivity contribution in [1.29, 1.82) is 0 Å². The van der Waals surface area contributed by atoms with E-state index in [1.54, 1.807) is 26.8 Å². The highest BCUT2D eigenvalue weighted by molar-refractivity contribution is 5.97. The highest BCUT2D eigenvalue weighted by Gasteiger charge is 2.47. The molecule has 0 aromatic carbocycles. The maximum atomic E-state index is 11.8. The number of allylic oxidation sites excluding steroid dienone is 2. The van der Waals surface area contributed by atoms with Crippen LogP contribution in [0.5, 0.6) is 0 Å². The Hall–Kier alpha value is -1.65. The Balaban J connectivity index is 1.82. The molecule has 0 aromatic rings. The van der Waals surface area contributed by atoms with Gasteiger partial charge >= 0.3 is 11.9 Å². The van der Waals surface area contributed by atoms with Crippen LogP contribution in [-0.2, 0) is 23.9 Å². The van der Waals surface area contributed by atoms with E-state index in [0.717, 1.165) is 0 Å². The summed E-state index contributed by atoms with van der Waals surface area (Å²) in [6.45, 7) is 4.83. The first-order valence-electron chi connectivity index (χ1n) is 6.38. The van der Waals surface area contributed by atoms with Crippen LogP contribution >= 0.6 is 0 Å². The van der Waals surface area contributed by atoms with Gasteiger partial charge in [0, 0.05) is 11.8 Å². The Morgan fingerprint density at radius 2 is 2.00 bits per heavy atom. The first-order valence-corrected chi connectivity index (χ1v) is 6.38. The van der Waals surface area contributed by atoms with Gasteiger partial charge in [-0.3, -0.25) is 9.59 Å². The molecular formula is C14H18O5. The lowest BCUT2D eigenvalue weighted by Gasteiger charge is -2.20. The minimum Gasteiger partial charge on any atom is -0.457 e. The molecule has 0 heterocycles. The minimum atomic E-state index is -0.603. The van der Waals surface area contributed by atoms with Crippen molar-refractivity contribution in [2.45, 2.75) is 32.8 Å². The van der Waals surface area contributed by atoms with Crippen LogP contribution in [0.1, 0.15) is 27.2 Å². The zero-order valence-corrected chi connectivity index (χ0v) is 11.3.